The summed E-state index contributed by atoms with van der Waals surface area (Å²) in [7, 11) is 0. The summed E-state index contributed by atoms with van der Waals surface area (Å²) in [6.07, 6.45) is 2.64. The lowest BCUT2D eigenvalue weighted by molar-refractivity contribution is -0.141. The van der Waals surface area contributed by atoms with Crippen molar-refractivity contribution < 1.29 is 9.90 Å². The Morgan fingerprint density at radius 2 is 1.88 bits per heavy atom. The summed E-state index contributed by atoms with van der Waals surface area (Å²) in [6, 6.07) is 8.69. The first-order valence-electron chi connectivity index (χ1n) is 6.40. The van der Waals surface area contributed by atoms with Crippen molar-refractivity contribution in [3.63, 3.8) is 0 Å². The highest BCUT2D eigenvalue weighted by Crippen LogP contribution is 2.38. The van der Waals surface area contributed by atoms with Crippen molar-refractivity contribution in [2.45, 2.75) is 44.9 Å². The monoisotopic (exact) mass is 232 g/mol. The second-order valence-electron chi connectivity index (χ2n) is 5.37. The second-order valence-corrected chi connectivity index (χ2v) is 5.37. The zero-order chi connectivity index (χ0) is 12.4. The fourth-order valence-corrected chi connectivity index (χ4v) is 2.66. The summed E-state index contributed by atoms with van der Waals surface area (Å²) in [4.78, 5) is 10.9. The number of hydrogen-bond acceptors (Lipinski definition) is 1. The molecule has 2 rings (SSSR count). The van der Waals surface area contributed by atoms with Crippen LogP contribution in [-0.4, -0.2) is 11.1 Å². The summed E-state index contributed by atoms with van der Waals surface area (Å²) in [5.74, 6) is 0.229. The first-order valence-corrected chi connectivity index (χ1v) is 6.40. The number of carboxylic acid groups (broad SMARTS) is 1. The van der Waals surface area contributed by atoms with E-state index in [-0.39, 0.29) is 5.92 Å². The first-order chi connectivity index (χ1) is 8.08. The molecule has 0 saturated heterocycles. The molecule has 17 heavy (non-hydrogen) atoms. The Morgan fingerprint density at radius 1 is 1.24 bits per heavy atom. The lowest BCUT2D eigenvalue weighted by atomic mass is 9.93. The van der Waals surface area contributed by atoms with Crippen LogP contribution in [0.25, 0.3) is 0 Å². The standard InChI is InChI=1S/C15H20O2/c1-10(2)11-3-5-12(6-4-11)13-7-8-14(9-13)15(16)17/h3-6,10,13-14H,7-9H2,1-2H3,(H,16,17). The molecule has 0 bridgehead atoms. The van der Waals surface area contributed by atoms with Crippen LogP contribution in [0.5, 0.6) is 0 Å². The molecule has 1 saturated carbocycles. The lowest BCUT2D eigenvalue weighted by Crippen LogP contribution is -2.09. The van der Waals surface area contributed by atoms with Crippen LogP contribution >= 0.6 is 0 Å². The molecule has 1 fully saturated rings. The van der Waals surface area contributed by atoms with Crippen LogP contribution < -0.4 is 0 Å². The van der Waals surface area contributed by atoms with Gasteiger partial charge in [-0.2, -0.15) is 0 Å². The highest BCUT2D eigenvalue weighted by Gasteiger charge is 2.30. The predicted octanol–water partition coefficient (Wildman–Crippen LogP) is 3.78. The van der Waals surface area contributed by atoms with Gasteiger partial charge in [0.1, 0.15) is 0 Å². The van der Waals surface area contributed by atoms with Crippen molar-refractivity contribution >= 4 is 5.97 Å². The molecular weight excluding hydrogens is 212 g/mol. The van der Waals surface area contributed by atoms with Crippen LogP contribution in [0, 0.1) is 5.92 Å². The topological polar surface area (TPSA) is 37.3 Å². The van der Waals surface area contributed by atoms with Crippen LogP contribution in [0.3, 0.4) is 0 Å². The van der Waals surface area contributed by atoms with Gasteiger partial charge in [0.25, 0.3) is 0 Å². The van der Waals surface area contributed by atoms with Crippen molar-refractivity contribution in [2.24, 2.45) is 5.92 Å². The summed E-state index contributed by atoms with van der Waals surface area (Å²) in [5.41, 5.74) is 2.65. The van der Waals surface area contributed by atoms with Crippen molar-refractivity contribution in [3.8, 4) is 0 Å². The highest BCUT2D eigenvalue weighted by atomic mass is 16.4. The molecule has 0 heterocycles. The molecule has 2 unspecified atom stereocenters. The summed E-state index contributed by atoms with van der Waals surface area (Å²) < 4.78 is 0. The minimum Gasteiger partial charge on any atom is -0.481 e. The Kier molecular flexibility index (Phi) is 3.51. The maximum Gasteiger partial charge on any atom is 0.306 e. The average Bonchev–Trinajstić information content (AvgIpc) is 2.78. The smallest absolute Gasteiger partial charge is 0.306 e. The number of aliphatic carboxylic acids is 1. The molecular formula is C15H20O2. The van der Waals surface area contributed by atoms with Crippen LogP contribution in [-0.2, 0) is 4.79 Å². The summed E-state index contributed by atoms with van der Waals surface area (Å²) >= 11 is 0. The van der Waals surface area contributed by atoms with Gasteiger partial charge in [-0.3, -0.25) is 4.79 Å². The Balaban J connectivity index is 2.06. The molecule has 0 amide bonds. The molecule has 0 spiro atoms. The van der Waals surface area contributed by atoms with Crippen molar-refractivity contribution in [1.82, 2.24) is 0 Å². The van der Waals surface area contributed by atoms with Gasteiger partial charge in [-0.25, -0.2) is 0 Å². The van der Waals surface area contributed by atoms with Crippen LogP contribution in [0.2, 0.25) is 0 Å². The van der Waals surface area contributed by atoms with E-state index >= 15 is 0 Å². The summed E-state index contributed by atoms with van der Waals surface area (Å²) in [6.45, 7) is 4.37. The molecule has 0 aliphatic heterocycles. The first kappa shape index (κ1) is 12.2. The fraction of sp³-hybridized carbons (Fsp3) is 0.533. The van der Waals surface area contributed by atoms with Crippen molar-refractivity contribution in [1.29, 1.82) is 0 Å². The fourth-order valence-electron chi connectivity index (χ4n) is 2.66. The van der Waals surface area contributed by atoms with E-state index in [0.29, 0.717) is 11.8 Å². The zero-order valence-corrected chi connectivity index (χ0v) is 10.5. The van der Waals surface area contributed by atoms with Gasteiger partial charge in [-0.1, -0.05) is 38.1 Å². The number of benzene rings is 1. The van der Waals surface area contributed by atoms with Gasteiger partial charge < -0.3 is 5.11 Å². The Hall–Kier alpha value is -1.31. The molecule has 1 aromatic rings. The number of carbonyl (C=O) groups is 1. The second kappa shape index (κ2) is 4.91. The van der Waals surface area contributed by atoms with E-state index in [0.717, 1.165) is 19.3 Å². The van der Waals surface area contributed by atoms with Crippen LogP contribution in [0.1, 0.15) is 56.1 Å². The Bertz CT molecular complexity index is 392. The van der Waals surface area contributed by atoms with Crippen LogP contribution in [0.15, 0.2) is 24.3 Å². The maximum atomic E-state index is 10.9. The van der Waals surface area contributed by atoms with Gasteiger partial charge in [0.2, 0.25) is 0 Å². The third-order valence-electron chi connectivity index (χ3n) is 3.86. The molecule has 2 atom stereocenters. The largest absolute Gasteiger partial charge is 0.481 e. The molecule has 1 aliphatic rings. The molecule has 0 aromatic heterocycles. The average molecular weight is 232 g/mol. The van der Waals surface area contributed by atoms with E-state index in [4.69, 9.17) is 5.11 Å². The molecule has 1 N–H and O–H groups in total. The molecule has 1 aromatic carbocycles. The van der Waals surface area contributed by atoms with Crippen molar-refractivity contribution in [3.05, 3.63) is 35.4 Å². The normalized spacial score (nSPS) is 24.2. The summed E-state index contributed by atoms with van der Waals surface area (Å²) in [5, 5.41) is 8.99. The highest BCUT2D eigenvalue weighted by molar-refractivity contribution is 5.70. The van der Waals surface area contributed by atoms with E-state index in [1.54, 1.807) is 0 Å². The maximum absolute atomic E-state index is 10.9. The van der Waals surface area contributed by atoms with Gasteiger partial charge in [-0.05, 0) is 42.2 Å². The lowest BCUT2D eigenvalue weighted by Gasteiger charge is -2.12. The molecule has 2 heteroatoms. The van der Waals surface area contributed by atoms with E-state index in [1.807, 2.05) is 0 Å². The quantitative estimate of drug-likeness (QED) is 0.861. The van der Waals surface area contributed by atoms with E-state index in [2.05, 4.69) is 38.1 Å². The van der Waals surface area contributed by atoms with Gasteiger partial charge in [0.05, 0.1) is 5.92 Å². The number of hydrogen-bond donors (Lipinski definition) is 1. The van der Waals surface area contributed by atoms with Gasteiger partial charge >= 0.3 is 5.97 Å². The molecule has 2 nitrogen and oxygen atoms in total. The molecule has 1 aliphatic carbocycles. The van der Waals surface area contributed by atoms with Crippen LogP contribution in [0.4, 0.5) is 0 Å². The van der Waals surface area contributed by atoms with Gasteiger partial charge in [0, 0.05) is 0 Å². The zero-order valence-electron chi connectivity index (χ0n) is 10.5. The Labute approximate surface area is 103 Å². The minimum absolute atomic E-state index is 0.134. The van der Waals surface area contributed by atoms with E-state index in [9.17, 15) is 4.79 Å². The molecule has 92 valence electrons. The van der Waals surface area contributed by atoms with Gasteiger partial charge in [-0.15, -0.1) is 0 Å². The van der Waals surface area contributed by atoms with Gasteiger partial charge in [0.15, 0.2) is 0 Å². The number of rotatable bonds is 3. The third-order valence-corrected chi connectivity index (χ3v) is 3.86. The SMILES string of the molecule is CC(C)c1ccc(C2CCC(C(=O)O)C2)cc1. The number of carboxylic acids is 1. The predicted molar refractivity (Wildman–Crippen MR) is 68.2 cm³/mol. The third kappa shape index (κ3) is 2.68. The van der Waals surface area contributed by atoms with E-state index < -0.39 is 5.97 Å². The van der Waals surface area contributed by atoms with Crippen molar-refractivity contribution in [2.75, 3.05) is 0 Å². The molecule has 0 radical (unpaired) electrons. The minimum atomic E-state index is -0.633. The Morgan fingerprint density at radius 3 is 2.35 bits per heavy atom. The van der Waals surface area contributed by atoms with E-state index in [1.165, 1.54) is 11.1 Å².